The number of hydrogen-bond acceptors (Lipinski definition) is 3. The van der Waals surface area contributed by atoms with Gasteiger partial charge in [-0.1, -0.05) is 56.3 Å². The van der Waals surface area contributed by atoms with Crippen molar-refractivity contribution in [1.82, 2.24) is 9.88 Å². The van der Waals surface area contributed by atoms with Crippen LogP contribution in [-0.2, 0) is 4.79 Å². The number of amides is 1. The van der Waals surface area contributed by atoms with Crippen molar-refractivity contribution in [2.45, 2.75) is 39.2 Å². The summed E-state index contributed by atoms with van der Waals surface area (Å²) in [5.74, 6) is 1.26. The molecule has 1 amide bonds. The van der Waals surface area contributed by atoms with E-state index < -0.39 is 0 Å². The van der Waals surface area contributed by atoms with Crippen LogP contribution in [0.1, 0.15) is 33.1 Å². The molecule has 1 aliphatic rings. The maximum Gasteiger partial charge on any atom is 0.225 e. The van der Waals surface area contributed by atoms with Gasteiger partial charge in [-0.2, -0.15) is 0 Å². The summed E-state index contributed by atoms with van der Waals surface area (Å²) in [7, 11) is 0. The van der Waals surface area contributed by atoms with Crippen LogP contribution in [0, 0.1) is 5.92 Å². The average Bonchev–Trinajstić information content (AvgIpc) is 2.84. The van der Waals surface area contributed by atoms with E-state index in [1.807, 2.05) is 54.5 Å². The molecule has 1 fully saturated rings. The second kappa shape index (κ2) is 9.78. The monoisotopic (exact) mass is 414 g/mol. The van der Waals surface area contributed by atoms with Crippen LogP contribution >= 0.6 is 0 Å². The first-order chi connectivity index (χ1) is 15.1. The molecule has 1 unspecified atom stereocenters. The molecule has 2 aromatic carbocycles. The minimum Gasteiger partial charge on any atom is -0.490 e. The molecule has 0 N–H and O–H groups in total. The zero-order chi connectivity index (χ0) is 21.6. The summed E-state index contributed by atoms with van der Waals surface area (Å²) >= 11 is 0. The van der Waals surface area contributed by atoms with E-state index in [0.29, 0.717) is 0 Å². The number of hydrogen-bond donors (Lipinski definition) is 0. The first-order valence-corrected chi connectivity index (χ1v) is 11.2. The van der Waals surface area contributed by atoms with Crippen LogP contribution in [0.3, 0.4) is 0 Å². The molecule has 0 bridgehead atoms. The minimum absolute atomic E-state index is 0.111. The maximum absolute atomic E-state index is 12.4. The fourth-order valence-electron chi connectivity index (χ4n) is 3.99. The normalized spacial score (nSPS) is 15.5. The van der Waals surface area contributed by atoms with Crippen LogP contribution in [0.5, 0.6) is 5.75 Å². The standard InChI is InChI=1S/C27H30N2O2/c1-3-20(2)27(30)29-15-13-26(14-16-29)31-25-11-9-22(10-12-25)24-17-23(18-28-19-24)21-7-5-4-6-8-21/h4-12,17-20,26H,3,13-16H2,1-2H3. The summed E-state index contributed by atoms with van der Waals surface area (Å²) in [6, 6.07) is 20.7. The molecule has 4 nitrogen and oxygen atoms in total. The molecule has 31 heavy (non-hydrogen) atoms. The van der Waals surface area contributed by atoms with Crippen LogP contribution < -0.4 is 4.74 Å². The van der Waals surface area contributed by atoms with Gasteiger partial charge >= 0.3 is 0 Å². The first-order valence-electron chi connectivity index (χ1n) is 11.2. The molecule has 160 valence electrons. The van der Waals surface area contributed by atoms with E-state index in [-0.39, 0.29) is 17.9 Å². The predicted octanol–water partition coefficient (Wildman–Crippen LogP) is 5.83. The van der Waals surface area contributed by atoms with Crippen molar-refractivity contribution in [3.63, 3.8) is 0 Å². The molecule has 4 rings (SSSR count). The Morgan fingerprint density at radius 1 is 0.968 bits per heavy atom. The Hall–Kier alpha value is -3.14. The number of carbonyl (C=O) groups is 1. The van der Waals surface area contributed by atoms with Crippen molar-refractivity contribution < 1.29 is 9.53 Å². The van der Waals surface area contributed by atoms with Gasteiger partial charge in [0.15, 0.2) is 0 Å². The summed E-state index contributed by atoms with van der Waals surface area (Å²) in [6.45, 7) is 5.64. The van der Waals surface area contributed by atoms with Gasteiger partial charge in [0, 0.05) is 55.4 Å². The number of pyridine rings is 1. The predicted molar refractivity (Wildman–Crippen MR) is 125 cm³/mol. The van der Waals surface area contributed by atoms with Gasteiger partial charge in [-0.15, -0.1) is 0 Å². The van der Waals surface area contributed by atoms with Crippen LogP contribution in [0.15, 0.2) is 73.1 Å². The Morgan fingerprint density at radius 3 is 2.19 bits per heavy atom. The molecular weight excluding hydrogens is 384 g/mol. The summed E-state index contributed by atoms with van der Waals surface area (Å²) < 4.78 is 6.20. The molecule has 0 aliphatic carbocycles. The van der Waals surface area contributed by atoms with Crippen LogP contribution in [-0.4, -0.2) is 35.0 Å². The molecule has 1 aliphatic heterocycles. The van der Waals surface area contributed by atoms with E-state index in [2.05, 4.69) is 42.2 Å². The van der Waals surface area contributed by atoms with E-state index in [1.165, 1.54) is 0 Å². The molecule has 1 saturated heterocycles. The summed E-state index contributed by atoms with van der Waals surface area (Å²) in [5, 5.41) is 0. The van der Waals surface area contributed by atoms with Gasteiger partial charge in [0.25, 0.3) is 0 Å². The SMILES string of the molecule is CCC(C)C(=O)N1CCC(Oc2ccc(-c3cncc(-c4ccccc4)c3)cc2)CC1. The highest BCUT2D eigenvalue weighted by atomic mass is 16.5. The largest absolute Gasteiger partial charge is 0.490 e. The topological polar surface area (TPSA) is 42.4 Å². The second-order valence-electron chi connectivity index (χ2n) is 8.30. The second-order valence-corrected chi connectivity index (χ2v) is 8.30. The zero-order valence-corrected chi connectivity index (χ0v) is 18.3. The molecule has 3 aromatic rings. The van der Waals surface area contributed by atoms with Crippen molar-refractivity contribution in [3.05, 3.63) is 73.1 Å². The molecule has 0 spiro atoms. The molecule has 0 saturated carbocycles. The average molecular weight is 415 g/mol. The number of piperidine rings is 1. The van der Waals surface area contributed by atoms with Crippen molar-refractivity contribution in [3.8, 4) is 28.0 Å². The molecule has 0 radical (unpaired) electrons. The fourth-order valence-corrected chi connectivity index (χ4v) is 3.99. The highest BCUT2D eigenvalue weighted by Crippen LogP contribution is 2.28. The summed E-state index contributed by atoms with van der Waals surface area (Å²) in [6.07, 6.45) is 6.61. The lowest BCUT2D eigenvalue weighted by Crippen LogP contribution is -2.43. The molecule has 4 heteroatoms. The van der Waals surface area contributed by atoms with Crippen LogP contribution in [0.2, 0.25) is 0 Å². The van der Waals surface area contributed by atoms with Gasteiger partial charge in [0.2, 0.25) is 5.91 Å². The smallest absolute Gasteiger partial charge is 0.225 e. The first kappa shape index (κ1) is 21.1. The third-order valence-electron chi connectivity index (χ3n) is 6.12. The number of likely N-dealkylation sites (tertiary alicyclic amines) is 1. The van der Waals surface area contributed by atoms with Crippen LogP contribution in [0.4, 0.5) is 0 Å². The Kier molecular flexibility index (Phi) is 6.66. The highest BCUT2D eigenvalue weighted by Gasteiger charge is 2.26. The van der Waals surface area contributed by atoms with Crippen molar-refractivity contribution in [2.75, 3.05) is 13.1 Å². The Bertz CT molecular complexity index is 993. The lowest BCUT2D eigenvalue weighted by atomic mass is 10.0. The lowest BCUT2D eigenvalue weighted by Gasteiger charge is -2.33. The van der Waals surface area contributed by atoms with Gasteiger partial charge in [-0.05, 0) is 35.7 Å². The van der Waals surface area contributed by atoms with Gasteiger partial charge in [-0.3, -0.25) is 9.78 Å². The number of aromatic nitrogens is 1. The number of rotatable bonds is 6. The number of benzene rings is 2. The van der Waals surface area contributed by atoms with Gasteiger partial charge in [0.1, 0.15) is 11.9 Å². The molecular formula is C27H30N2O2. The lowest BCUT2D eigenvalue weighted by molar-refractivity contribution is -0.136. The van der Waals surface area contributed by atoms with E-state index >= 15 is 0 Å². The molecule has 1 atom stereocenters. The zero-order valence-electron chi connectivity index (χ0n) is 18.3. The number of carbonyl (C=O) groups excluding carboxylic acids is 1. The maximum atomic E-state index is 12.4. The van der Waals surface area contributed by atoms with E-state index in [4.69, 9.17) is 4.74 Å². The van der Waals surface area contributed by atoms with Gasteiger partial charge < -0.3 is 9.64 Å². The summed E-state index contributed by atoms with van der Waals surface area (Å²) in [4.78, 5) is 18.8. The fraction of sp³-hybridized carbons (Fsp3) is 0.333. The van der Waals surface area contributed by atoms with Gasteiger partial charge in [-0.25, -0.2) is 0 Å². The third-order valence-corrected chi connectivity index (χ3v) is 6.12. The van der Waals surface area contributed by atoms with Crippen LogP contribution in [0.25, 0.3) is 22.3 Å². The van der Waals surface area contributed by atoms with Gasteiger partial charge in [0.05, 0.1) is 0 Å². The van der Waals surface area contributed by atoms with E-state index in [0.717, 1.165) is 60.4 Å². The molecule has 2 heterocycles. The van der Waals surface area contributed by atoms with Crippen molar-refractivity contribution in [2.24, 2.45) is 5.92 Å². The minimum atomic E-state index is 0.111. The quantitative estimate of drug-likeness (QED) is 0.509. The molecule has 1 aromatic heterocycles. The third kappa shape index (κ3) is 5.13. The summed E-state index contributed by atoms with van der Waals surface area (Å²) in [5.41, 5.74) is 4.48. The Balaban J connectivity index is 1.37. The van der Waals surface area contributed by atoms with E-state index in [1.54, 1.807) is 0 Å². The highest BCUT2D eigenvalue weighted by molar-refractivity contribution is 5.78. The Labute approximate surface area is 184 Å². The van der Waals surface area contributed by atoms with E-state index in [9.17, 15) is 4.79 Å². The number of ether oxygens (including phenoxy) is 1. The van der Waals surface area contributed by atoms with Crippen molar-refractivity contribution >= 4 is 5.91 Å². The Morgan fingerprint density at radius 2 is 1.58 bits per heavy atom. The van der Waals surface area contributed by atoms with Crippen molar-refractivity contribution in [1.29, 1.82) is 0 Å². The number of nitrogens with zero attached hydrogens (tertiary/aromatic N) is 2.